The molecule has 0 aromatic heterocycles. The van der Waals surface area contributed by atoms with Crippen LogP contribution in [0.25, 0.3) is 16.7 Å². The van der Waals surface area contributed by atoms with E-state index in [1.54, 1.807) is 19.2 Å². The van der Waals surface area contributed by atoms with E-state index in [2.05, 4.69) is 32.1 Å². The Morgan fingerprint density at radius 2 is 1.85 bits per heavy atom. The number of allylic oxidation sites excluding steroid dienone is 2. The number of aryl methyl sites for hydroxylation is 1. The second-order valence-electron chi connectivity index (χ2n) is 11.4. The predicted octanol–water partition coefficient (Wildman–Crippen LogP) is 8.42. The van der Waals surface area contributed by atoms with Gasteiger partial charge in [0.05, 0.1) is 13.0 Å². The molecule has 0 amide bonds. The largest absolute Gasteiger partial charge is 0.497 e. The topological polar surface area (TPSA) is 55.8 Å². The highest BCUT2D eigenvalue weighted by Crippen LogP contribution is 2.47. The molecule has 2 atom stereocenters. The first-order valence-corrected chi connectivity index (χ1v) is 13.9. The number of methoxy groups -OCH3 is 1. The van der Waals surface area contributed by atoms with Crippen molar-refractivity contribution in [3.8, 4) is 22.6 Å². The Bertz CT molecular complexity index is 1420. The zero-order valence-electron chi connectivity index (χ0n) is 23.2. The number of carbonyl (C=O) groups is 1. The van der Waals surface area contributed by atoms with Crippen LogP contribution in [0.5, 0.6) is 11.5 Å². The Morgan fingerprint density at radius 3 is 2.54 bits per heavy atom. The van der Waals surface area contributed by atoms with Gasteiger partial charge in [-0.1, -0.05) is 45.0 Å². The molecular formula is C34H37FO4. The third-order valence-electron chi connectivity index (χ3n) is 8.57. The summed E-state index contributed by atoms with van der Waals surface area (Å²) in [6.07, 6.45) is 6.69. The molecule has 2 aliphatic rings. The highest BCUT2D eigenvalue weighted by atomic mass is 19.1. The van der Waals surface area contributed by atoms with Crippen molar-refractivity contribution in [1.82, 2.24) is 0 Å². The summed E-state index contributed by atoms with van der Waals surface area (Å²) in [4.78, 5) is 11.8. The summed E-state index contributed by atoms with van der Waals surface area (Å²) in [6, 6.07) is 17.0. The number of ether oxygens (including phenoxy) is 2. The van der Waals surface area contributed by atoms with Gasteiger partial charge in [-0.2, -0.15) is 0 Å². The smallest absolute Gasteiger partial charge is 0.307 e. The zero-order valence-corrected chi connectivity index (χ0v) is 23.2. The highest BCUT2D eigenvalue weighted by Gasteiger charge is 2.33. The first-order chi connectivity index (χ1) is 18.7. The summed E-state index contributed by atoms with van der Waals surface area (Å²) in [7, 11) is 1.59. The first kappa shape index (κ1) is 27.0. The molecule has 1 unspecified atom stereocenters. The Kier molecular flexibility index (Phi) is 7.53. The lowest BCUT2D eigenvalue weighted by molar-refractivity contribution is -0.142. The van der Waals surface area contributed by atoms with Crippen LogP contribution in [0, 0.1) is 17.2 Å². The van der Waals surface area contributed by atoms with E-state index in [0.717, 1.165) is 53.7 Å². The molecule has 39 heavy (non-hydrogen) atoms. The molecule has 4 nitrogen and oxygen atoms in total. The summed E-state index contributed by atoms with van der Waals surface area (Å²) >= 11 is 0. The van der Waals surface area contributed by atoms with Gasteiger partial charge in [-0.3, -0.25) is 4.79 Å². The first-order valence-electron chi connectivity index (χ1n) is 13.9. The second-order valence-corrected chi connectivity index (χ2v) is 11.4. The van der Waals surface area contributed by atoms with E-state index in [4.69, 9.17) is 9.47 Å². The minimum absolute atomic E-state index is 0.0153. The van der Waals surface area contributed by atoms with Crippen molar-refractivity contribution in [2.75, 3.05) is 7.11 Å². The van der Waals surface area contributed by atoms with E-state index in [1.165, 1.54) is 17.2 Å². The van der Waals surface area contributed by atoms with Crippen LogP contribution in [0.1, 0.15) is 74.6 Å². The minimum atomic E-state index is -0.731. The van der Waals surface area contributed by atoms with E-state index < -0.39 is 5.97 Å². The van der Waals surface area contributed by atoms with Crippen LogP contribution < -0.4 is 9.47 Å². The van der Waals surface area contributed by atoms with E-state index in [0.29, 0.717) is 24.3 Å². The van der Waals surface area contributed by atoms with Gasteiger partial charge in [-0.05, 0) is 113 Å². The van der Waals surface area contributed by atoms with Crippen molar-refractivity contribution >= 4 is 11.5 Å². The Morgan fingerprint density at radius 1 is 1.05 bits per heavy atom. The van der Waals surface area contributed by atoms with Crippen LogP contribution in [0.4, 0.5) is 4.39 Å². The van der Waals surface area contributed by atoms with Gasteiger partial charge in [-0.25, -0.2) is 4.39 Å². The van der Waals surface area contributed by atoms with E-state index in [-0.39, 0.29) is 23.1 Å². The van der Waals surface area contributed by atoms with Gasteiger partial charge in [-0.15, -0.1) is 0 Å². The number of halogens is 1. The van der Waals surface area contributed by atoms with E-state index in [1.807, 2.05) is 31.2 Å². The average Bonchev–Trinajstić information content (AvgIpc) is 3.50. The quantitative estimate of drug-likeness (QED) is 0.303. The number of aliphatic carboxylic acids is 1. The standard InChI is InChI=1S/C34H37FO4/c1-5-25(33(36)37)26-14-10-22-9-11-24(19-28(22)26)39-20-21-8-13-27(30-18-23(38-4)12-15-32(30)35)29(17-21)31-7-6-16-34(31,2)3/h7-9,11-13,15,17-19,25-26H,5-6,10,14,16,20H2,1-4H3,(H,36,37)/t25-,26?/m0/s1. The lowest BCUT2D eigenvalue weighted by Crippen LogP contribution is -2.19. The molecule has 3 aromatic carbocycles. The lowest BCUT2D eigenvalue weighted by atomic mass is 9.79. The fraction of sp³-hybridized carbons (Fsp3) is 0.382. The number of fused-ring (bicyclic) bond motifs is 1. The van der Waals surface area contributed by atoms with Gasteiger partial charge < -0.3 is 14.6 Å². The van der Waals surface area contributed by atoms with E-state index >= 15 is 4.39 Å². The minimum Gasteiger partial charge on any atom is -0.497 e. The molecule has 5 rings (SSSR count). The normalized spacial score (nSPS) is 18.4. The van der Waals surface area contributed by atoms with Crippen LogP contribution in [0.15, 0.2) is 60.7 Å². The van der Waals surface area contributed by atoms with Crippen LogP contribution in [-0.2, 0) is 17.8 Å². The third kappa shape index (κ3) is 5.32. The Balaban J connectivity index is 1.45. The van der Waals surface area contributed by atoms with Crippen molar-refractivity contribution in [3.05, 3.63) is 88.7 Å². The second kappa shape index (κ2) is 10.9. The number of carboxylic acid groups (broad SMARTS) is 1. The summed E-state index contributed by atoms with van der Waals surface area (Å²) in [5.74, 6) is -0.0102. The molecule has 204 valence electrons. The van der Waals surface area contributed by atoms with E-state index in [9.17, 15) is 9.90 Å². The third-order valence-corrected chi connectivity index (χ3v) is 8.57. The maximum atomic E-state index is 15.1. The van der Waals surface area contributed by atoms with Gasteiger partial charge in [0.25, 0.3) is 0 Å². The van der Waals surface area contributed by atoms with Crippen LogP contribution in [0.2, 0.25) is 0 Å². The van der Waals surface area contributed by atoms with Gasteiger partial charge >= 0.3 is 5.97 Å². The zero-order chi connectivity index (χ0) is 27.7. The molecular weight excluding hydrogens is 491 g/mol. The van der Waals surface area contributed by atoms with Crippen LogP contribution in [0.3, 0.4) is 0 Å². The molecule has 5 heteroatoms. The molecule has 0 heterocycles. The molecule has 0 aliphatic heterocycles. The number of hydrogen-bond acceptors (Lipinski definition) is 3. The van der Waals surface area contributed by atoms with Gasteiger partial charge in [0.1, 0.15) is 23.9 Å². The molecule has 0 spiro atoms. The molecule has 3 aromatic rings. The SMILES string of the molecule is CC[C@H](C(=O)O)C1CCc2ccc(OCc3ccc(-c4cc(OC)ccc4F)c(C4=CCCC4(C)C)c3)cc21. The van der Waals surface area contributed by atoms with Crippen molar-refractivity contribution < 1.29 is 23.8 Å². The lowest BCUT2D eigenvalue weighted by Gasteiger charge is -2.25. The average molecular weight is 529 g/mol. The fourth-order valence-electron chi connectivity index (χ4n) is 6.36. The highest BCUT2D eigenvalue weighted by molar-refractivity contribution is 5.85. The van der Waals surface area contributed by atoms with Crippen molar-refractivity contribution in [1.29, 1.82) is 0 Å². The summed E-state index contributed by atoms with van der Waals surface area (Å²) in [6.45, 7) is 6.78. The van der Waals surface area contributed by atoms with Gasteiger partial charge in [0.15, 0.2) is 0 Å². The predicted molar refractivity (Wildman–Crippen MR) is 153 cm³/mol. The van der Waals surface area contributed by atoms with Crippen molar-refractivity contribution in [2.24, 2.45) is 11.3 Å². The van der Waals surface area contributed by atoms with Crippen molar-refractivity contribution in [3.63, 3.8) is 0 Å². The maximum absolute atomic E-state index is 15.1. The molecule has 0 radical (unpaired) electrons. The Hall–Kier alpha value is -3.60. The summed E-state index contributed by atoms with van der Waals surface area (Å²) in [5, 5.41) is 9.72. The monoisotopic (exact) mass is 528 g/mol. The molecule has 0 bridgehead atoms. The van der Waals surface area contributed by atoms with Crippen LogP contribution in [-0.4, -0.2) is 18.2 Å². The number of carboxylic acids is 1. The molecule has 2 aliphatic carbocycles. The number of hydrogen-bond donors (Lipinski definition) is 1. The fourth-order valence-corrected chi connectivity index (χ4v) is 6.36. The molecule has 0 saturated heterocycles. The number of benzene rings is 3. The molecule has 0 fully saturated rings. The Labute approximate surface area is 230 Å². The number of rotatable bonds is 9. The summed E-state index contributed by atoms with van der Waals surface area (Å²) in [5.41, 5.74) is 6.91. The van der Waals surface area contributed by atoms with Crippen molar-refractivity contribution in [2.45, 2.75) is 65.4 Å². The van der Waals surface area contributed by atoms with Gasteiger partial charge in [0.2, 0.25) is 0 Å². The maximum Gasteiger partial charge on any atom is 0.307 e. The van der Waals surface area contributed by atoms with Gasteiger partial charge in [0, 0.05) is 5.56 Å². The summed E-state index contributed by atoms with van der Waals surface area (Å²) < 4.78 is 26.7. The van der Waals surface area contributed by atoms with Crippen LogP contribution >= 0.6 is 0 Å². The molecule has 0 saturated carbocycles. The molecule has 1 N–H and O–H groups in total.